The normalized spacial score (nSPS) is 10.9. The molecule has 0 atom stereocenters. The molecule has 2 heterocycles. The lowest BCUT2D eigenvalue weighted by Gasteiger charge is -2.16. The number of anilines is 1. The van der Waals surface area contributed by atoms with E-state index in [0.29, 0.717) is 6.54 Å². The molecule has 0 unspecified atom stereocenters. The first-order chi connectivity index (χ1) is 7.24. The lowest BCUT2D eigenvalue weighted by atomic mass is 10.3. The van der Waals surface area contributed by atoms with Gasteiger partial charge in [0.25, 0.3) is 0 Å². The zero-order valence-electron chi connectivity index (χ0n) is 8.75. The molecule has 0 spiro atoms. The summed E-state index contributed by atoms with van der Waals surface area (Å²) in [7, 11) is 3.72. The van der Waals surface area contributed by atoms with Gasteiger partial charge in [-0.3, -0.25) is 4.68 Å². The van der Waals surface area contributed by atoms with Gasteiger partial charge < -0.3 is 10.0 Å². The molecular weight excluding hydrogens is 194 g/mol. The fourth-order valence-electron chi connectivity index (χ4n) is 1.51. The van der Waals surface area contributed by atoms with Crippen LogP contribution < -0.4 is 4.90 Å². The molecule has 0 aliphatic heterocycles. The average Bonchev–Trinajstić information content (AvgIpc) is 2.61. The van der Waals surface area contributed by atoms with Crippen molar-refractivity contribution in [2.75, 3.05) is 25.1 Å². The lowest BCUT2D eigenvalue weighted by Crippen LogP contribution is -2.22. The maximum absolute atomic E-state index is 8.87. The first-order valence-electron chi connectivity index (χ1n) is 4.68. The minimum absolute atomic E-state index is 0.0995. The second kappa shape index (κ2) is 3.82. The van der Waals surface area contributed by atoms with Crippen molar-refractivity contribution in [2.45, 2.75) is 0 Å². The van der Waals surface area contributed by atoms with Crippen LogP contribution in [0.5, 0.6) is 0 Å². The van der Waals surface area contributed by atoms with Crippen molar-refractivity contribution < 1.29 is 5.11 Å². The number of fused-ring (bicyclic) bond motifs is 1. The largest absolute Gasteiger partial charge is 0.395 e. The van der Waals surface area contributed by atoms with E-state index in [1.165, 1.54) is 6.33 Å². The van der Waals surface area contributed by atoms with E-state index in [-0.39, 0.29) is 6.61 Å². The molecule has 0 bridgehead atoms. The second-order valence-electron chi connectivity index (χ2n) is 3.35. The van der Waals surface area contributed by atoms with E-state index in [1.807, 2.05) is 19.0 Å². The quantitative estimate of drug-likeness (QED) is 0.754. The molecular formula is C9H13N5O. The fourth-order valence-corrected chi connectivity index (χ4v) is 1.51. The second-order valence-corrected chi connectivity index (χ2v) is 3.35. The van der Waals surface area contributed by atoms with Crippen LogP contribution in [0, 0.1) is 0 Å². The Bertz CT molecular complexity index is 466. The minimum Gasteiger partial charge on any atom is -0.395 e. The molecule has 0 saturated heterocycles. The minimum atomic E-state index is 0.0995. The molecule has 2 aromatic heterocycles. The fraction of sp³-hybridized carbons (Fsp3) is 0.444. The summed E-state index contributed by atoms with van der Waals surface area (Å²) >= 11 is 0. The van der Waals surface area contributed by atoms with Crippen LogP contribution in [0.3, 0.4) is 0 Å². The molecule has 6 heteroatoms. The Morgan fingerprint density at radius 3 is 3.00 bits per heavy atom. The third-order valence-corrected chi connectivity index (χ3v) is 2.31. The molecule has 0 amide bonds. The number of aromatic nitrogens is 4. The van der Waals surface area contributed by atoms with E-state index in [0.717, 1.165) is 16.9 Å². The number of likely N-dealkylation sites (N-methyl/N-ethyl adjacent to an activating group) is 1. The SMILES string of the molecule is CN(CCO)c1ncnc2c1cnn2C. The van der Waals surface area contributed by atoms with Crippen LogP contribution >= 0.6 is 0 Å². The van der Waals surface area contributed by atoms with Gasteiger partial charge in [0, 0.05) is 20.6 Å². The maximum Gasteiger partial charge on any atom is 0.163 e. The van der Waals surface area contributed by atoms with Gasteiger partial charge in [0.2, 0.25) is 0 Å². The molecule has 6 nitrogen and oxygen atoms in total. The van der Waals surface area contributed by atoms with Crippen molar-refractivity contribution in [3.8, 4) is 0 Å². The first kappa shape index (κ1) is 9.85. The topological polar surface area (TPSA) is 67.1 Å². The van der Waals surface area contributed by atoms with Crippen LogP contribution in [0.4, 0.5) is 5.82 Å². The standard InChI is InChI=1S/C9H13N5O/c1-13(3-4-15)8-7-5-12-14(2)9(7)11-6-10-8/h5-6,15H,3-4H2,1-2H3. The Labute approximate surface area is 87.2 Å². The Balaban J connectivity index is 2.51. The van der Waals surface area contributed by atoms with Gasteiger partial charge in [0.05, 0.1) is 18.2 Å². The molecule has 2 aromatic rings. The van der Waals surface area contributed by atoms with Crippen LogP contribution in [-0.2, 0) is 7.05 Å². The van der Waals surface area contributed by atoms with E-state index >= 15 is 0 Å². The Kier molecular flexibility index (Phi) is 2.51. The number of rotatable bonds is 3. The predicted molar refractivity (Wildman–Crippen MR) is 56.7 cm³/mol. The van der Waals surface area contributed by atoms with Gasteiger partial charge in [-0.15, -0.1) is 0 Å². The smallest absolute Gasteiger partial charge is 0.163 e. The molecule has 15 heavy (non-hydrogen) atoms. The number of hydrogen-bond donors (Lipinski definition) is 1. The van der Waals surface area contributed by atoms with Gasteiger partial charge in [0.15, 0.2) is 5.65 Å². The van der Waals surface area contributed by atoms with E-state index < -0.39 is 0 Å². The number of hydrogen-bond acceptors (Lipinski definition) is 5. The highest BCUT2D eigenvalue weighted by atomic mass is 16.3. The molecule has 0 aromatic carbocycles. The van der Waals surface area contributed by atoms with Crippen molar-refractivity contribution in [1.29, 1.82) is 0 Å². The molecule has 1 N–H and O–H groups in total. The summed E-state index contributed by atoms with van der Waals surface area (Å²) in [6, 6.07) is 0. The van der Waals surface area contributed by atoms with Crippen molar-refractivity contribution in [2.24, 2.45) is 7.05 Å². The number of aliphatic hydroxyl groups is 1. The molecule has 2 rings (SSSR count). The molecule has 0 saturated carbocycles. The van der Waals surface area contributed by atoms with Crippen LogP contribution in [-0.4, -0.2) is 45.1 Å². The van der Waals surface area contributed by atoms with E-state index in [1.54, 1.807) is 10.9 Å². The predicted octanol–water partition coefficient (Wildman–Crippen LogP) is -0.208. The molecule has 0 aliphatic rings. The summed E-state index contributed by atoms with van der Waals surface area (Å²) in [5.74, 6) is 0.794. The van der Waals surface area contributed by atoms with Crippen LogP contribution in [0.2, 0.25) is 0 Å². The zero-order chi connectivity index (χ0) is 10.8. The first-order valence-corrected chi connectivity index (χ1v) is 4.68. The van der Waals surface area contributed by atoms with E-state index in [2.05, 4.69) is 15.1 Å². The zero-order valence-corrected chi connectivity index (χ0v) is 8.75. The van der Waals surface area contributed by atoms with Crippen molar-refractivity contribution in [3.63, 3.8) is 0 Å². The number of aliphatic hydroxyl groups excluding tert-OH is 1. The third kappa shape index (κ3) is 1.63. The maximum atomic E-state index is 8.87. The Hall–Kier alpha value is -1.69. The summed E-state index contributed by atoms with van der Waals surface area (Å²) in [6.45, 7) is 0.642. The monoisotopic (exact) mass is 207 g/mol. The summed E-state index contributed by atoms with van der Waals surface area (Å²) in [5.41, 5.74) is 0.796. The van der Waals surface area contributed by atoms with Gasteiger partial charge in [-0.25, -0.2) is 9.97 Å². The van der Waals surface area contributed by atoms with Gasteiger partial charge in [-0.05, 0) is 0 Å². The summed E-state index contributed by atoms with van der Waals surface area (Å²) in [4.78, 5) is 10.2. The summed E-state index contributed by atoms with van der Waals surface area (Å²) in [5, 5.41) is 13.9. The number of aryl methyl sites for hydroxylation is 1. The van der Waals surface area contributed by atoms with Crippen molar-refractivity contribution in [1.82, 2.24) is 19.7 Å². The van der Waals surface area contributed by atoms with E-state index in [4.69, 9.17) is 5.11 Å². The van der Waals surface area contributed by atoms with Crippen LogP contribution in [0.25, 0.3) is 11.0 Å². The molecule has 0 radical (unpaired) electrons. The van der Waals surface area contributed by atoms with E-state index in [9.17, 15) is 0 Å². The molecule has 0 aliphatic carbocycles. The molecule has 80 valence electrons. The van der Waals surface area contributed by atoms with Crippen molar-refractivity contribution >= 4 is 16.9 Å². The Morgan fingerprint density at radius 1 is 1.47 bits per heavy atom. The number of nitrogens with zero attached hydrogens (tertiary/aromatic N) is 5. The van der Waals surface area contributed by atoms with Crippen LogP contribution in [0.1, 0.15) is 0 Å². The van der Waals surface area contributed by atoms with Gasteiger partial charge in [-0.2, -0.15) is 5.10 Å². The summed E-state index contributed by atoms with van der Waals surface area (Å²) < 4.78 is 1.70. The summed E-state index contributed by atoms with van der Waals surface area (Å²) in [6.07, 6.45) is 3.24. The third-order valence-electron chi connectivity index (χ3n) is 2.31. The van der Waals surface area contributed by atoms with Gasteiger partial charge in [0.1, 0.15) is 12.1 Å². The van der Waals surface area contributed by atoms with Crippen molar-refractivity contribution in [3.05, 3.63) is 12.5 Å². The molecule has 0 fully saturated rings. The van der Waals surface area contributed by atoms with Crippen LogP contribution in [0.15, 0.2) is 12.5 Å². The highest BCUT2D eigenvalue weighted by Crippen LogP contribution is 2.20. The highest BCUT2D eigenvalue weighted by molar-refractivity contribution is 5.86. The Morgan fingerprint density at radius 2 is 2.27 bits per heavy atom. The average molecular weight is 207 g/mol. The van der Waals surface area contributed by atoms with Gasteiger partial charge >= 0.3 is 0 Å². The lowest BCUT2D eigenvalue weighted by molar-refractivity contribution is 0.304. The highest BCUT2D eigenvalue weighted by Gasteiger charge is 2.10. The van der Waals surface area contributed by atoms with Gasteiger partial charge in [-0.1, -0.05) is 0 Å².